The largest absolute Gasteiger partial charge is 0.299 e. The average Bonchev–Trinajstić information content (AvgIpc) is 2.65. The molecule has 0 aromatic carbocycles. The van der Waals surface area contributed by atoms with Gasteiger partial charge in [0.05, 0.1) is 0 Å². The van der Waals surface area contributed by atoms with Crippen molar-refractivity contribution >= 4 is 17.1 Å². The van der Waals surface area contributed by atoms with Crippen molar-refractivity contribution in [3.63, 3.8) is 0 Å². The third-order valence-electron chi connectivity index (χ3n) is 4.40. The Labute approximate surface area is 114 Å². The molecule has 0 aliphatic carbocycles. The van der Waals surface area contributed by atoms with Gasteiger partial charge in [0.2, 0.25) is 0 Å². The second-order valence-electron chi connectivity index (χ2n) is 5.53. The molecule has 0 amide bonds. The van der Waals surface area contributed by atoms with E-state index >= 15 is 0 Å². The van der Waals surface area contributed by atoms with Gasteiger partial charge in [-0.15, -0.1) is 11.3 Å². The SMILES string of the molecule is Cc1cc(C(C)N2CCC(=O)C(C)C2C)c(C)s1. The summed E-state index contributed by atoms with van der Waals surface area (Å²) in [4.78, 5) is 17.0. The van der Waals surface area contributed by atoms with E-state index in [1.165, 1.54) is 15.3 Å². The molecule has 2 nitrogen and oxygen atoms in total. The fraction of sp³-hybridized carbons (Fsp3) is 0.667. The number of hydrogen-bond acceptors (Lipinski definition) is 3. The van der Waals surface area contributed by atoms with E-state index in [2.05, 4.69) is 45.6 Å². The second-order valence-corrected chi connectivity index (χ2v) is 6.99. The topological polar surface area (TPSA) is 20.3 Å². The lowest BCUT2D eigenvalue weighted by atomic mass is 9.88. The Morgan fingerprint density at radius 1 is 1.39 bits per heavy atom. The normalized spacial score (nSPS) is 27.5. The number of aryl methyl sites for hydroxylation is 2. The van der Waals surface area contributed by atoms with Crippen molar-refractivity contribution in [3.8, 4) is 0 Å². The van der Waals surface area contributed by atoms with E-state index in [9.17, 15) is 4.79 Å². The Morgan fingerprint density at radius 3 is 2.61 bits per heavy atom. The molecule has 1 aromatic heterocycles. The van der Waals surface area contributed by atoms with Crippen molar-refractivity contribution < 1.29 is 4.79 Å². The third-order valence-corrected chi connectivity index (χ3v) is 5.38. The quantitative estimate of drug-likeness (QED) is 0.812. The highest BCUT2D eigenvalue weighted by molar-refractivity contribution is 7.12. The summed E-state index contributed by atoms with van der Waals surface area (Å²) in [7, 11) is 0. The van der Waals surface area contributed by atoms with Crippen molar-refractivity contribution in [1.82, 2.24) is 4.90 Å². The first-order chi connectivity index (χ1) is 8.41. The first kappa shape index (κ1) is 13.8. The summed E-state index contributed by atoms with van der Waals surface area (Å²) in [5.74, 6) is 0.588. The van der Waals surface area contributed by atoms with Gasteiger partial charge < -0.3 is 0 Å². The fourth-order valence-electron chi connectivity index (χ4n) is 3.02. The molecule has 3 atom stereocenters. The Morgan fingerprint density at radius 2 is 2.06 bits per heavy atom. The van der Waals surface area contributed by atoms with E-state index in [4.69, 9.17) is 0 Å². The van der Waals surface area contributed by atoms with Gasteiger partial charge in [0.1, 0.15) is 5.78 Å². The van der Waals surface area contributed by atoms with Crippen LogP contribution in [0.15, 0.2) is 6.07 Å². The molecule has 18 heavy (non-hydrogen) atoms. The zero-order chi connectivity index (χ0) is 13.4. The van der Waals surface area contributed by atoms with Crippen LogP contribution in [0, 0.1) is 19.8 Å². The monoisotopic (exact) mass is 265 g/mol. The molecule has 100 valence electrons. The number of nitrogens with zero attached hydrogens (tertiary/aromatic N) is 1. The molecule has 1 fully saturated rings. The molecule has 3 unspecified atom stereocenters. The molecule has 0 saturated carbocycles. The molecule has 1 aromatic rings. The number of thiophene rings is 1. The van der Waals surface area contributed by atoms with E-state index in [0.717, 1.165) is 6.54 Å². The smallest absolute Gasteiger partial charge is 0.138 e. The lowest BCUT2D eigenvalue weighted by molar-refractivity contribution is -0.128. The van der Waals surface area contributed by atoms with Crippen molar-refractivity contribution in [2.75, 3.05) is 6.54 Å². The zero-order valence-corrected chi connectivity index (χ0v) is 12.8. The molecular formula is C15H23NOS. The number of likely N-dealkylation sites (tertiary alicyclic amines) is 1. The molecule has 0 N–H and O–H groups in total. The van der Waals surface area contributed by atoms with Gasteiger partial charge in [0.15, 0.2) is 0 Å². The minimum absolute atomic E-state index is 0.168. The number of carbonyl (C=O) groups is 1. The standard InChI is InChI=1S/C15H23NOS/c1-9-8-14(13(5)18-9)12(4)16-7-6-15(17)10(2)11(16)3/h8,10-12H,6-7H2,1-5H3. The maximum absolute atomic E-state index is 11.8. The Bertz CT molecular complexity index is 451. The van der Waals surface area contributed by atoms with Crippen LogP contribution in [-0.2, 0) is 4.79 Å². The number of Topliss-reactive ketones (excluding diaryl/α,β-unsaturated/α-hetero) is 1. The molecule has 0 bridgehead atoms. The maximum atomic E-state index is 11.8. The van der Waals surface area contributed by atoms with Gasteiger partial charge in [-0.3, -0.25) is 9.69 Å². The number of carbonyl (C=O) groups excluding carboxylic acids is 1. The predicted molar refractivity (Wildman–Crippen MR) is 77.2 cm³/mol. The minimum atomic E-state index is 0.168. The molecule has 1 aliphatic heterocycles. The molecule has 0 spiro atoms. The molecule has 3 heteroatoms. The van der Waals surface area contributed by atoms with Gasteiger partial charge >= 0.3 is 0 Å². The summed E-state index contributed by atoms with van der Waals surface area (Å²) in [6.45, 7) is 11.8. The number of hydrogen-bond donors (Lipinski definition) is 0. The number of rotatable bonds is 2. The van der Waals surface area contributed by atoms with Crippen molar-refractivity contribution in [1.29, 1.82) is 0 Å². The van der Waals surface area contributed by atoms with Crippen molar-refractivity contribution in [2.45, 2.75) is 53.1 Å². The van der Waals surface area contributed by atoms with E-state index in [0.29, 0.717) is 24.3 Å². The Balaban J connectivity index is 2.21. The first-order valence-electron chi connectivity index (χ1n) is 6.77. The number of piperidine rings is 1. The van der Waals surface area contributed by atoms with Gasteiger partial charge in [-0.25, -0.2) is 0 Å². The average molecular weight is 265 g/mol. The molecular weight excluding hydrogens is 242 g/mol. The second kappa shape index (κ2) is 5.14. The molecule has 1 saturated heterocycles. The van der Waals surface area contributed by atoms with Gasteiger partial charge in [-0.2, -0.15) is 0 Å². The predicted octanol–water partition coefficient (Wildman–Crippen LogP) is 3.73. The van der Waals surface area contributed by atoms with Gasteiger partial charge in [0.25, 0.3) is 0 Å². The number of ketones is 1. The van der Waals surface area contributed by atoms with Gasteiger partial charge in [0, 0.05) is 40.7 Å². The molecule has 2 heterocycles. The van der Waals surface area contributed by atoms with Crippen LogP contribution in [0.3, 0.4) is 0 Å². The maximum Gasteiger partial charge on any atom is 0.138 e. The highest BCUT2D eigenvalue weighted by Crippen LogP contribution is 2.34. The summed E-state index contributed by atoms with van der Waals surface area (Å²) in [5, 5.41) is 0. The van der Waals surface area contributed by atoms with E-state index in [1.54, 1.807) is 0 Å². The van der Waals surface area contributed by atoms with Crippen molar-refractivity contribution in [3.05, 3.63) is 21.4 Å². The van der Waals surface area contributed by atoms with Crippen molar-refractivity contribution in [2.24, 2.45) is 5.92 Å². The Hall–Kier alpha value is -0.670. The fourth-order valence-corrected chi connectivity index (χ4v) is 4.03. The molecule has 1 aliphatic rings. The van der Waals surface area contributed by atoms with E-state index < -0.39 is 0 Å². The molecule has 2 rings (SSSR count). The summed E-state index contributed by atoms with van der Waals surface area (Å²) in [6.07, 6.45) is 0.706. The summed E-state index contributed by atoms with van der Waals surface area (Å²) in [6, 6.07) is 3.07. The van der Waals surface area contributed by atoms with Crippen LogP contribution in [0.5, 0.6) is 0 Å². The highest BCUT2D eigenvalue weighted by atomic mass is 32.1. The van der Waals surface area contributed by atoms with E-state index in [-0.39, 0.29) is 5.92 Å². The zero-order valence-electron chi connectivity index (χ0n) is 12.0. The highest BCUT2D eigenvalue weighted by Gasteiger charge is 2.34. The van der Waals surface area contributed by atoms with Crippen LogP contribution in [-0.4, -0.2) is 23.3 Å². The van der Waals surface area contributed by atoms with Gasteiger partial charge in [-0.1, -0.05) is 6.92 Å². The first-order valence-corrected chi connectivity index (χ1v) is 7.59. The van der Waals surface area contributed by atoms with Crippen LogP contribution in [0.2, 0.25) is 0 Å². The van der Waals surface area contributed by atoms with Crippen LogP contribution < -0.4 is 0 Å². The van der Waals surface area contributed by atoms with E-state index in [1.807, 2.05) is 11.3 Å². The van der Waals surface area contributed by atoms with Crippen LogP contribution in [0.25, 0.3) is 0 Å². The van der Waals surface area contributed by atoms with Crippen LogP contribution in [0.4, 0.5) is 0 Å². The summed E-state index contributed by atoms with van der Waals surface area (Å²) < 4.78 is 0. The van der Waals surface area contributed by atoms with Gasteiger partial charge in [-0.05, 0) is 39.3 Å². The minimum Gasteiger partial charge on any atom is -0.299 e. The lowest BCUT2D eigenvalue weighted by Crippen LogP contribution is -2.47. The van der Waals surface area contributed by atoms with Crippen LogP contribution >= 0.6 is 11.3 Å². The summed E-state index contributed by atoms with van der Waals surface area (Å²) in [5.41, 5.74) is 1.44. The lowest BCUT2D eigenvalue weighted by Gasteiger charge is -2.41. The Kier molecular flexibility index (Phi) is 3.93. The summed E-state index contributed by atoms with van der Waals surface area (Å²) >= 11 is 1.87. The third kappa shape index (κ3) is 2.39. The van der Waals surface area contributed by atoms with Crippen LogP contribution in [0.1, 0.15) is 48.6 Å². The molecule has 0 radical (unpaired) electrons.